The summed E-state index contributed by atoms with van der Waals surface area (Å²) in [7, 11) is 5.32. The van der Waals surface area contributed by atoms with Gasteiger partial charge in [0.1, 0.15) is 0 Å². The normalized spacial score (nSPS) is 15.9. The van der Waals surface area contributed by atoms with Crippen molar-refractivity contribution in [2.24, 2.45) is 4.99 Å². The Balaban J connectivity index is 1.91. The maximum absolute atomic E-state index is 13.5. The molecule has 0 saturated heterocycles. The maximum Gasteiger partial charge on any atom is 0.338 e. The van der Waals surface area contributed by atoms with E-state index in [2.05, 4.69) is 4.99 Å². The minimum atomic E-state index is -0.586. The summed E-state index contributed by atoms with van der Waals surface area (Å²) in [6.07, 6.45) is 1.87. The molecule has 2 heterocycles. The number of methoxy groups -OCH3 is 1. The molecule has 0 aliphatic carbocycles. The molecule has 7 heteroatoms. The van der Waals surface area contributed by atoms with E-state index < -0.39 is 12.0 Å². The number of fused-ring (bicyclic) bond motifs is 1. The van der Waals surface area contributed by atoms with Gasteiger partial charge in [-0.3, -0.25) is 9.36 Å². The van der Waals surface area contributed by atoms with Crippen molar-refractivity contribution in [1.82, 2.24) is 4.57 Å². The summed E-state index contributed by atoms with van der Waals surface area (Å²) in [6.45, 7) is 3.78. The first-order valence-electron chi connectivity index (χ1n) is 10.2. The fourth-order valence-electron chi connectivity index (χ4n) is 3.78. The van der Waals surface area contributed by atoms with Crippen LogP contribution in [0.15, 0.2) is 69.6 Å². The topological polar surface area (TPSA) is 63.9 Å². The van der Waals surface area contributed by atoms with Crippen molar-refractivity contribution in [3.05, 3.63) is 96.2 Å². The van der Waals surface area contributed by atoms with E-state index in [0.29, 0.717) is 20.6 Å². The molecule has 1 atom stereocenters. The Bertz CT molecular complexity index is 1380. The summed E-state index contributed by atoms with van der Waals surface area (Å²) in [6, 6.07) is 15.2. The highest BCUT2D eigenvalue weighted by atomic mass is 32.1. The SMILES string of the molecule is COC(=O)C1=C(C)N=c2s/c(=C/c3ccc(N(C)C)cc3)c(=O)n2C1c1ccc(C)cc1. The van der Waals surface area contributed by atoms with Crippen LogP contribution in [-0.4, -0.2) is 31.7 Å². The summed E-state index contributed by atoms with van der Waals surface area (Å²) < 4.78 is 7.22. The van der Waals surface area contributed by atoms with E-state index in [1.165, 1.54) is 18.4 Å². The number of aryl methyl sites for hydroxylation is 1. The van der Waals surface area contributed by atoms with Gasteiger partial charge in [-0.05, 0) is 43.2 Å². The number of carbonyl (C=O) groups is 1. The first kappa shape index (κ1) is 21.8. The van der Waals surface area contributed by atoms with Crippen LogP contribution in [0.25, 0.3) is 6.08 Å². The standard InChI is InChI=1S/C25H25N3O3S/c1-15-6-10-18(11-7-15)22-21(24(30)31-5)16(2)26-25-28(22)23(29)20(32-25)14-17-8-12-19(13-9-17)27(3)4/h6-14,22H,1-5H3/b20-14+. The zero-order chi connectivity index (χ0) is 23.0. The van der Waals surface area contributed by atoms with Crippen LogP contribution < -0.4 is 19.8 Å². The van der Waals surface area contributed by atoms with E-state index in [1.54, 1.807) is 11.5 Å². The summed E-state index contributed by atoms with van der Waals surface area (Å²) in [5, 5.41) is 0. The van der Waals surface area contributed by atoms with Crippen LogP contribution in [0.4, 0.5) is 5.69 Å². The summed E-state index contributed by atoms with van der Waals surface area (Å²) in [4.78, 5) is 33.4. The van der Waals surface area contributed by atoms with E-state index >= 15 is 0 Å². The number of rotatable bonds is 4. The van der Waals surface area contributed by atoms with E-state index in [9.17, 15) is 9.59 Å². The fraction of sp³-hybridized carbons (Fsp3) is 0.240. The quantitative estimate of drug-likeness (QED) is 0.577. The number of hydrogen-bond acceptors (Lipinski definition) is 6. The van der Waals surface area contributed by atoms with Gasteiger partial charge in [0.15, 0.2) is 4.80 Å². The van der Waals surface area contributed by atoms with Crippen LogP contribution in [0.5, 0.6) is 0 Å². The Morgan fingerprint density at radius 3 is 2.34 bits per heavy atom. The molecule has 1 aromatic heterocycles. The van der Waals surface area contributed by atoms with Crippen LogP contribution >= 0.6 is 11.3 Å². The van der Waals surface area contributed by atoms with Crippen molar-refractivity contribution in [2.45, 2.75) is 19.9 Å². The smallest absolute Gasteiger partial charge is 0.338 e. The summed E-state index contributed by atoms with van der Waals surface area (Å²) >= 11 is 1.33. The second-order valence-corrected chi connectivity index (χ2v) is 8.98. The van der Waals surface area contributed by atoms with Crippen LogP contribution in [-0.2, 0) is 9.53 Å². The monoisotopic (exact) mass is 447 g/mol. The highest BCUT2D eigenvalue weighted by Crippen LogP contribution is 2.30. The predicted octanol–water partition coefficient (Wildman–Crippen LogP) is 2.78. The molecule has 1 aliphatic heterocycles. The number of ether oxygens (including phenoxy) is 1. The van der Waals surface area contributed by atoms with Gasteiger partial charge in [-0.25, -0.2) is 9.79 Å². The highest BCUT2D eigenvalue weighted by molar-refractivity contribution is 7.07. The summed E-state index contributed by atoms with van der Waals surface area (Å²) in [5.74, 6) is -0.481. The Hall–Kier alpha value is -3.45. The van der Waals surface area contributed by atoms with Crippen molar-refractivity contribution < 1.29 is 9.53 Å². The Morgan fingerprint density at radius 2 is 1.75 bits per heavy atom. The third-order valence-electron chi connectivity index (χ3n) is 5.53. The van der Waals surface area contributed by atoms with Crippen molar-refractivity contribution in [2.75, 3.05) is 26.1 Å². The first-order valence-corrected chi connectivity index (χ1v) is 11.1. The lowest BCUT2D eigenvalue weighted by Crippen LogP contribution is -2.39. The van der Waals surface area contributed by atoms with Crippen LogP contribution in [0, 0.1) is 6.92 Å². The number of nitrogens with zero attached hydrogens (tertiary/aromatic N) is 3. The minimum absolute atomic E-state index is 0.176. The molecule has 1 aliphatic rings. The van der Waals surface area contributed by atoms with E-state index in [0.717, 1.165) is 22.4 Å². The lowest BCUT2D eigenvalue weighted by Gasteiger charge is -2.24. The average Bonchev–Trinajstić information content (AvgIpc) is 3.08. The molecule has 4 rings (SSSR count). The molecule has 0 N–H and O–H groups in total. The molecule has 2 aromatic carbocycles. The Labute approximate surface area is 190 Å². The van der Waals surface area contributed by atoms with E-state index in [-0.39, 0.29) is 5.56 Å². The average molecular weight is 448 g/mol. The van der Waals surface area contributed by atoms with Gasteiger partial charge in [0.25, 0.3) is 5.56 Å². The van der Waals surface area contributed by atoms with E-state index in [4.69, 9.17) is 4.74 Å². The van der Waals surface area contributed by atoms with Gasteiger partial charge in [0.2, 0.25) is 0 Å². The molecule has 164 valence electrons. The molecule has 0 fully saturated rings. The van der Waals surface area contributed by atoms with Crippen molar-refractivity contribution in [3.8, 4) is 0 Å². The Kier molecular flexibility index (Phi) is 5.84. The number of aromatic nitrogens is 1. The lowest BCUT2D eigenvalue weighted by molar-refractivity contribution is -0.136. The molecule has 6 nitrogen and oxygen atoms in total. The van der Waals surface area contributed by atoms with Gasteiger partial charge in [0.05, 0.1) is 29.0 Å². The molecular weight excluding hydrogens is 422 g/mol. The van der Waals surface area contributed by atoms with Crippen LogP contribution in [0.1, 0.15) is 29.7 Å². The maximum atomic E-state index is 13.5. The number of benzene rings is 2. The Morgan fingerprint density at radius 1 is 1.09 bits per heavy atom. The number of esters is 1. The van der Waals surface area contributed by atoms with Crippen molar-refractivity contribution >= 4 is 29.1 Å². The number of carbonyl (C=O) groups excluding carboxylic acids is 1. The first-order chi connectivity index (χ1) is 15.3. The lowest BCUT2D eigenvalue weighted by atomic mass is 9.95. The zero-order valence-electron chi connectivity index (χ0n) is 18.7. The van der Waals surface area contributed by atoms with Crippen LogP contribution in [0.2, 0.25) is 0 Å². The molecular formula is C25H25N3O3S. The predicted molar refractivity (Wildman–Crippen MR) is 128 cm³/mol. The van der Waals surface area contributed by atoms with E-state index in [1.807, 2.05) is 80.5 Å². The minimum Gasteiger partial charge on any atom is -0.466 e. The molecule has 3 aromatic rings. The number of allylic oxidation sites excluding steroid dienone is 1. The second-order valence-electron chi connectivity index (χ2n) is 7.97. The number of hydrogen-bond donors (Lipinski definition) is 0. The molecule has 0 saturated carbocycles. The highest BCUT2D eigenvalue weighted by Gasteiger charge is 2.32. The zero-order valence-corrected chi connectivity index (χ0v) is 19.6. The largest absolute Gasteiger partial charge is 0.466 e. The van der Waals surface area contributed by atoms with Gasteiger partial charge in [-0.2, -0.15) is 0 Å². The van der Waals surface area contributed by atoms with Crippen LogP contribution in [0.3, 0.4) is 0 Å². The molecule has 32 heavy (non-hydrogen) atoms. The molecule has 0 amide bonds. The van der Waals surface area contributed by atoms with Gasteiger partial charge in [-0.15, -0.1) is 0 Å². The van der Waals surface area contributed by atoms with Gasteiger partial charge in [-0.1, -0.05) is 53.3 Å². The fourth-order valence-corrected chi connectivity index (χ4v) is 4.82. The number of thiazole rings is 1. The molecule has 0 radical (unpaired) electrons. The van der Waals surface area contributed by atoms with Crippen molar-refractivity contribution in [3.63, 3.8) is 0 Å². The van der Waals surface area contributed by atoms with Gasteiger partial charge < -0.3 is 9.64 Å². The number of anilines is 1. The molecule has 0 spiro atoms. The van der Waals surface area contributed by atoms with Gasteiger partial charge in [0, 0.05) is 19.8 Å². The van der Waals surface area contributed by atoms with Crippen molar-refractivity contribution in [1.29, 1.82) is 0 Å². The summed E-state index contributed by atoms with van der Waals surface area (Å²) in [5.41, 5.74) is 4.72. The van der Waals surface area contributed by atoms with Gasteiger partial charge >= 0.3 is 5.97 Å². The molecule has 1 unspecified atom stereocenters. The third-order valence-corrected chi connectivity index (χ3v) is 6.51. The second kappa shape index (κ2) is 8.59. The third kappa shape index (κ3) is 3.91. The molecule has 0 bridgehead atoms.